The van der Waals surface area contributed by atoms with E-state index in [0.717, 1.165) is 18.4 Å². The molecule has 2 N–H and O–H groups in total. The number of carbonyl (C=O) groups is 2. The lowest BCUT2D eigenvalue weighted by atomic mass is 10.2. The summed E-state index contributed by atoms with van der Waals surface area (Å²) in [5.41, 5.74) is 2.83. The summed E-state index contributed by atoms with van der Waals surface area (Å²) in [4.78, 5) is 24.6. The monoisotopic (exact) mass is 402 g/mol. The molecule has 0 atom stereocenters. The molecular weight excluding hydrogens is 376 g/mol. The predicted molar refractivity (Wildman–Crippen MR) is 120 cm³/mol. The minimum atomic E-state index is -0.241. The highest BCUT2D eigenvalue weighted by molar-refractivity contribution is 6.05. The SMILES string of the molecule is CCCCC(=O)Nc1cccc(NC(=O)c2cccc(OCc3ccccc3)c2)c1. The van der Waals surface area contributed by atoms with Gasteiger partial charge in [0.25, 0.3) is 5.91 Å². The van der Waals surface area contributed by atoms with Crippen molar-refractivity contribution < 1.29 is 14.3 Å². The molecule has 0 bridgehead atoms. The second-order valence-corrected chi connectivity index (χ2v) is 6.99. The van der Waals surface area contributed by atoms with Crippen LogP contribution in [0.15, 0.2) is 78.9 Å². The van der Waals surface area contributed by atoms with Gasteiger partial charge in [-0.05, 0) is 48.4 Å². The molecule has 0 aliphatic rings. The summed E-state index contributed by atoms with van der Waals surface area (Å²) in [5, 5.41) is 5.73. The summed E-state index contributed by atoms with van der Waals surface area (Å²) in [6.07, 6.45) is 2.31. The van der Waals surface area contributed by atoms with Gasteiger partial charge in [-0.2, -0.15) is 0 Å². The number of hydrogen-bond acceptors (Lipinski definition) is 3. The van der Waals surface area contributed by atoms with Crippen molar-refractivity contribution in [2.75, 3.05) is 10.6 Å². The molecule has 0 unspecified atom stereocenters. The van der Waals surface area contributed by atoms with Crippen molar-refractivity contribution >= 4 is 23.2 Å². The van der Waals surface area contributed by atoms with Crippen molar-refractivity contribution in [2.24, 2.45) is 0 Å². The fourth-order valence-corrected chi connectivity index (χ4v) is 2.91. The highest BCUT2D eigenvalue weighted by atomic mass is 16.5. The Bertz CT molecular complexity index is 986. The molecule has 3 aromatic rings. The van der Waals surface area contributed by atoms with E-state index in [4.69, 9.17) is 4.74 Å². The van der Waals surface area contributed by atoms with Gasteiger partial charge >= 0.3 is 0 Å². The maximum absolute atomic E-state index is 12.7. The van der Waals surface area contributed by atoms with Crippen LogP contribution in [0.3, 0.4) is 0 Å². The second-order valence-electron chi connectivity index (χ2n) is 6.99. The normalized spacial score (nSPS) is 10.3. The fourth-order valence-electron chi connectivity index (χ4n) is 2.91. The van der Waals surface area contributed by atoms with Crippen LogP contribution in [0.2, 0.25) is 0 Å². The first kappa shape index (κ1) is 21.1. The number of nitrogens with one attached hydrogen (secondary N) is 2. The highest BCUT2D eigenvalue weighted by Gasteiger charge is 2.09. The number of carbonyl (C=O) groups excluding carboxylic acids is 2. The van der Waals surface area contributed by atoms with E-state index in [2.05, 4.69) is 10.6 Å². The van der Waals surface area contributed by atoms with Crippen LogP contribution in [0, 0.1) is 0 Å². The van der Waals surface area contributed by atoms with Gasteiger partial charge in [-0.1, -0.05) is 55.8 Å². The number of benzene rings is 3. The van der Waals surface area contributed by atoms with Gasteiger partial charge in [-0.3, -0.25) is 9.59 Å². The number of anilines is 2. The topological polar surface area (TPSA) is 67.4 Å². The molecule has 0 heterocycles. The standard InChI is InChI=1S/C25H26N2O3/c1-2-3-15-24(28)26-21-12-8-13-22(17-21)27-25(29)20-11-7-14-23(16-20)30-18-19-9-5-4-6-10-19/h4-14,16-17H,2-3,15,18H2,1H3,(H,26,28)(H,27,29). The van der Waals surface area contributed by atoms with Crippen molar-refractivity contribution in [1.82, 2.24) is 0 Å². The van der Waals surface area contributed by atoms with E-state index in [1.165, 1.54) is 0 Å². The van der Waals surface area contributed by atoms with Crippen LogP contribution in [-0.4, -0.2) is 11.8 Å². The lowest BCUT2D eigenvalue weighted by Gasteiger charge is -2.10. The molecule has 0 aliphatic carbocycles. The van der Waals surface area contributed by atoms with Crippen molar-refractivity contribution in [1.29, 1.82) is 0 Å². The van der Waals surface area contributed by atoms with Gasteiger partial charge in [0.05, 0.1) is 0 Å². The van der Waals surface area contributed by atoms with E-state index in [9.17, 15) is 9.59 Å². The molecular formula is C25H26N2O3. The Balaban J connectivity index is 1.60. The molecule has 0 fully saturated rings. The van der Waals surface area contributed by atoms with Gasteiger partial charge in [0.2, 0.25) is 5.91 Å². The summed E-state index contributed by atoms with van der Waals surface area (Å²) in [6, 6.07) is 24.1. The van der Waals surface area contributed by atoms with Gasteiger partial charge in [0.15, 0.2) is 0 Å². The zero-order valence-corrected chi connectivity index (χ0v) is 17.1. The van der Waals surface area contributed by atoms with Crippen LogP contribution in [0.5, 0.6) is 5.75 Å². The first-order chi connectivity index (χ1) is 14.6. The largest absolute Gasteiger partial charge is 0.489 e. The van der Waals surface area contributed by atoms with Gasteiger partial charge in [0.1, 0.15) is 12.4 Å². The molecule has 0 aromatic heterocycles. The van der Waals surface area contributed by atoms with E-state index in [1.807, 2.05) is 43.3 Å². The summed E-state index contributed by atoms with van der Waals surface area (Å²) >= 11 is 0. The van der Waals surface area contributed by atoms with E-state index in [1.54, 1.807) is 42.5 Å². The summed E-state index contributed by atoms with van der Waals surface area (Å²) in [6.45, 7) is 2.48. The third-order valence-electron chi connectivity index (χ3n) is 4.51. The molecule has 5 nitrogen and oxygen atoms in total. The minimum Gasteiger partial charge on any atom is -0.489 e. The molecule has 3 aromatic carbocycles. The maximum atomic E-state index is 12.7. The molecule has 30 heavy (non-hydrogen) atoms. The average Bonchev–Trinajstić information content (AvgIpc) is 2.77. The van der Waals surface area contributed by atoms with Gasteiger partial charge < -0.3 is 15.4 Å². The Labute approximate surface area is 177 Å². The highest BCUT2D eigenvalue weighted by Crippen LogP contribution is 2.19. The molecule has 0 aliphatic heterocycles. The first-order valence-electron chi connectivity index (χ1n) is 10.1. The summed E-state index contributed by atoms with van der Waals surface area (Å²) in [5.74, 6) is 0.363. The second kappa shape index (κ2) is 10.8. The number of rotatable bonds is 9. The average molecular weight is 402 g/mol. The Kier molecular flexibility index (Phi) is 7.61. The smallest absolute Gasteiger partial charge is 0.255 e. The molecule has 5 heteroatoms. The van der Waals surface area contributed by atoms with Crippen LogP contribution < -0.4 is 15.4 Å². The Hall–Kier alpha value is -3.60. The van der Waals surface area contributed by atoms with Gasteiger partial charge in [0, 0.05) is 23.4 Å². The van der Waals surface area contributed by atoms with E-state index >= 15 is 0 Å². The van der Waals surface area contributed by atoms with E-state index in [-0.39, 0.29) is 11.8 Å². The third-order valence-corrected chi connectivity index (χ3v) is 4.51. The Morgan fingerprint density at radius 2 is 1.57 bits per heavy atom. The van der Waals surface area contributed by atoms with Crippen molar-refractivity contribution in [2.45, 2.75) is 32.8 Å². The minimum absolute atomic E-state index is 0.0245. The molecule has 0 saturated heterocycles. The van der Waals surface area contributed by atoms with Crippen LogP contribution >= 0.6 is 0 Å². The molecule has 0 spiro atoms. The maximum Gasteiger partial charge on any atom is 0.255 e. The van der Waals surface area contributed by atoms with Crippen LogP contribution in [0.1, 0.15) is 42.1 Å². The Morgan fingerprint density at radius 1 is 0.833 bits per heavy atom. The molecule has 2 amide bonds. The van der Waals surface area contributed by atoms with Gasteiger partial charge in [-0.25, -0.2) is 0 Å². The number of ether oxygens (including phenoxy) is 1. The molecule has 3 rings (SSSR count). The Morgan fingerprint density at radius 3 is 2.33 bits per heavy atom. The third kappa shape index (κ3) is 6.48. The summed E-state index contributed by atoms with van der Waals surface area (Å²) in [7, 11) is 0. The fraction of sp³-hybridized carbons (Fsp3) is 0.200. The van der Waals surface area contributed by atoms with Crippen molar-refractivity contribution in [3.8, 4) is 5.75 Å². The van der Waals surface area contributed by atoms with Crippen molar-refractivity contribution in [3.63, 3.8) is 0 Å². The molecule has 0 radical (unpaired) electrons. The number of amides is 2. The van der Waals surface area contributed by atoms with Crippen molar-refractivity contribution in [3.05, 3.63) is 90.0 Å². The lowest BCUT2D eigenvalue weighted by Crippen LogP contribution is -2.13. The molecule has 154 valence electrons. The van der Waals surface area contributed by atoms with Crippen LogP contribution in [-0.2, 0) is 11.4 Å². The zero-order valence-electron chi connectivity index (χ0n) is 17.1. The predicted octanol–water partition coefficient (Wildman–Crippen LogP) is 5.65. The number of unbranched alkanes of at least 4 members (excludes halogenated alkanes) is 1. The number of hydrogen-bond donors (Lipinski definition) is 2. The summed E-state index contributed by atoms with van der Waals surface area (Å²) < 4.78 is 5.80. The lowest BCUT2D eigenvalue weighted by molar-refractivity contribution is -0.116. The van der Waals surface area contributed by atoms with Crippen LogP contribution in [0.4, 0.5) is 11.4 Å². The van der Waals surface area contributed by atoms with Crippen LogP contribution in [0.25, 0.3) is 0 Å². The van der Waals surface area contributed by atoms with E-state index < -0.39 is 0 Å². The zero-order chi connectivity index (χ0) is 21.2. The van der Waals surface area contributed by atoms with E-state index in [0.29, 0.717) is 35.7 Å². The molecule has 0 saturated carbocycles. The quantitative estimate of drug-likeness (QED) is 0.486. The first-order valence-corrected chi connectivity index (χ1v) is 10.1. The van der Waals surface area contributed by atoms with Gasteiger partial charge in [-0.15, -0.1) is 0 Å².